The molecule has 0 aromatic carbocycles. The number of nitrogens with one attached hydrogen (secondary N) is 3. The molecule has 0 spiro atoms. The van der Waals surface area contributed by atoms with Gasteiger partial charge in [0.15, 0.2) is 0 Å². The average Bonchev–Trinajstić information content (AvgIpc) is 3.04. The number of rotatable bonds is 7. The lowest BCUT2D eigenvalue weighted by Crippen LogP contribution is -2.23. The van der Waals surface area contributed by atoms with Crippen molar-refractivity contribution in [2.24, 2.45) is 7.05 Å². The fourth-order valence-electron chi connectivity index (χ4n) is 1.79. The Hall–Kier alpha value is -1.64. The minimum absolute atomic E-state index is 0.146. The number of aromatic amines is 1. The second-order valence-corrected chi connectivity index (χ2v) is 6.19. The van der Waals surface area contributed by atoms with Gasteiger partial charge in [0, 0.05) is 37.9 Å². The normalized spacial score (nSPS) is 11.9. The third kappa shape index (κ3) is 3.47. The molecule has 0 atom stereocenters. The van der Waals surface area contributed by atoms with Crippen molar-refractivity contribution in [2.75, 3.05) is 6.54 Å². The van der Waals surface area contributed by atoms with Gasteiger partial charge in [-0.3, -0.25) is 0 Å². The van der Waals surface area contributed by atoms with Crippen molar-refractivity contribution in [2.45, 2.75) is 24.9 Å². The summed E-state index contributed by atoms with van der Waals surface area (Å²) < 4.78 is 28.7. The molecule has 0 bridgehead atoms. The monoisotopic (exact) mass is 297 g/mol. The van der Waals surface area contributed by atoms with Gasteiger partial charge in [0.1, 0.15) is 5.82 Å². The standard InChI is InChI=1S/C12H19N5O2S/c1-3-13-7-10-6-11(9-17(10)2)20(18,19)16-8-12-14-4-5-15-12/h4-6,9,13,16H,3,7-8H2,1-2H3,(H,14,15). The Labute approximate surface area is 118 Å². The van der Waals surface area contributed by atoms with E-state index in [-0.39, 0.29) is 11.4 Å². The van der Waals surface area contributed by atoms with E-state index in [1.807, 2.05) is 18.5 Å². The molecule has 0 fully saturated rings. The summed E-state index contributed by atoms with van der Waals surface area (Å²) in [6.45, 7) is 3.63. The lowest BCUT2D eigenvalue weighted by Gasteiger charge is -2.02. The zero-order valence-corrected chi connectivity index (χ0v) is 12.4. The van der Waals surface area contributed by atoms with Crippen LogP contribution in [-0.4, -0.2) is 29.5 Å². The van der Waals surface area contributed by atoms with Crippen molar-refractivity contribution in [3.63, 3.8) is 0 Å². The maximum Gasteiger partial charge on any atom is 0.242 e. The lowest BCUT2D eigenvalue weighted by atomic mass is 10.4. The number of hydrogen-bond acceptors (Lipinski definition) is 4. The highest BCUT2D eigenvalue weighted by atomic mass is 32.2. The van der Waals surface area contributed by atoms with Crippen LogP contribution in [0.3, 0.4) is 0 Å². The summed E-state index contributed by atoms with van der Waals surface area (Å²) in [4.78, 5) is 7.09. The van der Waals surface area contributed by atoms with Crippen molar-refractivity contribution in [1.29, 1.82) is 0 Å². The fraction of sp³-hybridized carbons (Fsp3) is 0.417. The Bertz CT molecular complexity index is 645. The highest BCUT2D eigenvalue weighted by Crippen LogP contribution is 2.13. The van der Waals surface area contributed by atoms with Crippen LogP contribution in [0, 0.1) is 0 Å². The first-order valence-corrected chi connectivity index (χ1v) is 7.85. The zero-order chi connectivity index (χ0) is 14.6. The fourth-order valence-corrected chi connectivity index (χ4v) is 2.88. The summed E-state index contributed by atoms with van der Waals surface area (Å²) in [6.07, 6.45) is 4.85. The molecule has 0 aliphatic heterocycles. The van der Waals surface area contributed by atoms with Crippen LogP contribution in [0.2, 0.25) is 0 Å². The molecule has 2 aromatic rings. The first-order valence-electron chi connectivity index (χ1n) is 6.37. The number of H-pyrrole nitrogens is 1. The molecule has 2 heterocycles. The van der Waals surface area contributed by atoms with Gasteiger partial charge in [-0.2, -0.15) is 0 Å². The van der Waals surface area contributed by atoms with Crippen LogP contribution < -0.4 is 10.0 Å². The number of sulfonamides is 1. The Morgan fingerprint density at radius 1 is 1.40 bits per heavy atom. The van der Waals surface area contributed by atoms with Crippen LogP contribution in [0.15, 0.2) is 29.6 Å². The molecule has 0 saturated carbocycles. The maximum absolute atomic E-state index is 12.2. The van der Waals surface area contributed by atoms with Crippen molar-refractivity contribution in [1.82, 2.24) is 24.6 Å². The molecule has 0 unspecified atom stereocenters. The Morgan fingerprint density at radius 3 is 2.85 bits per heavy atom. The predicted octanol–water partition coefficient (Wildman–Crippen LogP) is 0.336. The van der Waals surface area contributed by atoms with Gasteiger partial charge < -0.3 is 14.9 Å². The van der Waals surface area contributed by atoms with Gasteiger partial charge in [-0.1, -0.05) is 6.92 Å². The molecule has 0 radical (unpaired) electrons. The highest BCUT2D eigenvalue weighted by molar-refractivity contribution is 7.89. The third-order valence-corrected chi connectivity index (χ3v) is 4.30. The number of hydrogen-bond donors (Lipinski definition) is 3. The van der Waals surface area contributed by atoms with E-state index in [1.54, 1.807) is 24.7 Å². The van der Waals surface area contributed by atoms with Crippen LogP contribution in [0.5, 0.6) is 0 Å². The number of aromatic nitrogens is 3. The smallest absolute Gasteiger partial charge is 0.242 e. The average molecular weight is 297 g/mol. The largest absolute Gasteiger partial charge is 0.352 e. The Balaban J connectivity index is 2.09. The van der Waals surface area contributed by atoms with E-state index < -0.39 is 10.0 Å². The molecule has 8 heteroatoms. The molecule has 7 nitrogen and oxygen atoms in total. The van der Waals surface area contributed by atoms with E-state index in [9.17, 15) is 8.42 Å². The molecule has 2 aromatic heterocycles. The molecule has 2 rings (SSSR count). The number of nitrogens with zero attached hydrogens (tertiary/aromatic N) is 2. The summed E-state index contributed by atoms with van der Waals surface area (Å²) in [5.74, 6) is 0.581. The minimum Gasteiger partial charge on any atom is -0.352 e. The number of imidazole rings is 1. The highest BCUT2D eigenvalue weighted by Gasteiger charge is 2.17. The molecule has 0 amide bonds. The van der Waals surface area contributed by atoms with Crippen LogP contribution in [0.25, 0.3) is 0 Å². The first-order chi connectivity index (χ1) is 9.53. The second-order valence-electron chi connectivity index (χ2n) is 4.42. The van der Waals surface area contributed by atoms with Crippen LogP contribution >= 0.6 is 0 Å². The van der Waals surface area contributed by atoms with E-state index in [0.717, 1.165) is 12.2 Å². The van der Waals surface area contributed by atoms with Crippen LogP contribution in [-0.2, 0) is 30.2 Å². The quantitative estimate of drug-likeness (QED) is 0.687. The predicted molar refractivity (Wildman–Crippen MR) is 75.4 cm³/mol. The molecule has 20 heavy (non-hydrogen) atoms. The van der Waals surface area contributed by atoms with Crippen molar-refractivity contribution in [3.05, 3.63) is 36.2 Å². The van der Waals surface area contributed by atoms with Gasteiger partial charge >= 0.3 is 0 Å². The minimum atomic E-state index is -3.52. The zero-order valence-electron chi connectivity index (χ0n) is 11.5. The lowest BCUT2D eigenvalue weighted by molar-refractivity contribution is 0.579. The molecule has 0 aliphatic rings. The van der Waals surface area contributed by atoms with Gasteiger partial charge in [-0.25, -0.2) is 18.1 Å². The van der Waals surface area contributed by atoms with Gasteiger partial charge in [-0.05, 0) is 12.6 Å². The summed E-state index contributed by atoms with van der Waals surface area (Å²) in [5, 5.41) is 3.17. The second kappa shape index (κ2) is 6.21. The summed E-state index contributed by atoms with van der Waals surface area (Å²) in [7, 11) is -1.69. The Kier molecular flexibility index (Phi) is 4.58. The Morgan fingerprint density at radius 2 is 2.20 bits per heavy atom. The van der Waals surface area contributed by atoms with Gasteiger partial charge in [0.2, 0.25) is 10.0 Å². The van der Waals surface area contributed by atoms with Crippen LogP contribution in [0.4, 0.5) is 0 Å². The van der Waals surface area contributed by atoms with Crippen molar-refractivity contribution < 1.29 is 8.42 Å². The van der Waals surface area contributed by atoms with E-state index >= 15 is 0 Å². The van der Waals surface area contributed by atoms with Crippen molar-refractivity contribution >= 4 is 10.0 Å². The number of aryl methyl sites for hydroxylation is 1. The van der Waals surface area contributed by atoms with Crippen LogP contribution in [0.1, 0.15) is 18.4 Å². The third-order valence-electron chi connectivity index (χ3n) is 2.93. The van der Waals surface area contributed by atoms with Crippen molar-refractivity contribution in [3.8, 4) is 0 Å². The molecule has 110 valence electrons. The van der Waals surface area contributed by atoms with E-state index in [0.29, 0.717) is 12.4 Å². The first kappa shape index (κ1) is 14.8. The summed E-state index contributed by atoms with van der Waals surface area (Å²) in [5.41, 5.74) is 0.922. The topological polar surface area (TPSA) is 91.8 Å². The van der Waals surface area contributed by atoms with Gasteiger partial charge in [-0.15, -0.1) is 0 Å². The van der Waals surface area contributed by atoms with Gasteiger partial charge in [0.05, 0.1) is 11.4 Å². The summed E-state index contributed by atoms with van der Waals surface area (Å²) >= 11 is 0. The van der Waals surface area contributed by atoms with Gasteiger partial charge in [0.25, 0.3) is 0 Å². The molecule has 3 N–H and O–H groups in total. The molecule has 0 saturated heterocycles. The van der Waals surface area contributed by atoms with E-state index in [4.69, 9.17) is 0 Å². The van der Waals surface area contributed by atoms with E-state index in [2.05, 4.69) is 20.0 Å². The SMILES string of the molecule is CCNCc1cc(S(=O)(=O)NCc2ncc[nH]2)cn1C. The molecular weight excluding hydrogens is 278 g/mol. The maximum atomic E-state index is 12.2. The summed E-state index contributed by atoms with van der Waals surface area (Å²) in [6, 6.07) is 1.67. The van der Waals surface area contributed by atoms with E-state index in [1.165, 1.54) is 0 Å². The molecule has 0 aliphatic carbocycles. The molecular formula is C12H19N5O2S.